The number of hydrogen-bond donors (Lipinski definition) is 1. The summed E-state index contributed by atoms with van der Waals surface area (Å²) in [7, 11) is 0. The fourth-order valence-corrected chi connectivity index (χ4v) is 2.00. The molecule has 0 saturated heterocycles. The summed E-state index contributed by atoms with van der Waals surface area (Å²) >= 11 is 0. The minimum Gasteiger partial charge on any atom is -0.327 e. The molecule has 2 rings (SSSR count). The highest BCUT2D eigenvalue weighted by Crippen LogP contribution is 2.22. The van der Waals surface area contributed by atoms with Crippen molar-refractivity contribution in [2.45, 2.75) is 31.7 Å². The van der Waals surface area contributed by atoms with E-state index in [0.29, 0.717) is 0 Å². The van der Waals surface area contributed by atoms with E-state index in [-0.39, 0.29) is 11.9 Å². The molecule has 0 fully saturated rings. The summed E-state index contributed by atoms with van der Waals surface area (Å²) < 4.78 is 13.3. The second kappa shape index (κ2) is 3.46. The number of benzene rings is 1. The molecule has 1 nitrogen and oxygen atoms in total. The van der Waals surface area contributed by atoms with E-state index in [1.54, 1.807) is 6.07 Å². The van der Waals surface area contributed by atoms with Crippen LogP contribution in [0.4, 0.5) is 4.39 Å². The summed E-state index contributed by atoms with van der Waals surface area (Å²) in [6, 6.07) is 5.51. The minimum atomic E-state index is -0.0633. The zero-order valence-corrected chi connectivity index (χ0v) is 7.59. The van der Waals surface area contributed by atoms with E-state index >= 15 is 0 Å². The number of halogens is 1. The van der Waals surface area contributed by atoms with Crippen molar-refractivity contribution in [1.29, 1.82) is 0 Å². The van der Waals surface area contributed by atoms with Crippen LogP contribution in [0.3, 0.4) is 0 Å². The molecule has 0 aromatic heterocycles. The van der Waals surface area contributed by atoms with Crippen molar-refractivity contribution in [2.24, 2.45) is 5.73 Å². The van der Waals surface area contributed by atoms with Gasteiger partial charge < -0.3 is 5.73 Å². The Labute approximate surface area is 77.8 Å². The van der Waals surface area contributed by atoms with Crippen molar-refractivity contribution in [3.05, 3.63) is 35.1 Å². The molecule has 1 aliphatic carbocycles. The van der Waals surface area contributed by atoms with E-state index in [9.17, 15) is 4.39 Å². The van der Waals surface area contributed by atoms with Gasteiger partial charge in [0.2, 0.25) is 0 Å². The number of fused-ring (bicyclic) bond motifs is 1. The molecule has 2 heteroatoms. The lowest BCUT2D eigenvalue weighted by Gasteiger charge is -2.08. The summed E-state index contributed by atoms with van der Waals surface area (Å²) in [5.41, 5.74) is 7.86. The zero-order chi connectivity index (χ0) is 9.26. The molecule has 1 atom stereocenters. The normalized spacial score (nSPS) is 22.2. The Morgan fingerprint density at radius 2 is 2.23 bits per heavy atom. The van der Waals surface area contributed by atoms with Gasteiger partial charge in [0.05, 0.1) is 0 Å². The van der Waals surface area contributed by atoms with Gasteiger partial charge in [0.1, 0.15) is 5.82 Å². The van der Waals surface area contributed by atoms with Gasteiger partial charge in [-0.15, -0.1) is 0 Å². The third-order valence-electron chi connectivity index (χ3n) is 2.70. The van der Waals surface area contributed by atoms with Crippen LogP contribution >= 0.6 is 0 Å². The summed E-state index contributed by atoms with van der Waals surface area (Å²) in [6.07, 6.45) is 3.69. The molecule has 0 radical (unpaired) electrons. The topological polar surface area (TPSA) is 26.0 Å². The van der Waals surface area contributed by atoms with Gasteiger partial charge in [0, 0.05) is 6.04 Å². The van der Waals surface area contributed by atoms with Crippen LogP contribution < -0.4 is 5.73 Å². The average molecular weight is 179 g/mol. The second-order valence-electron chi connectivity index (χ2n) is 3.73. The average Bonchev–Trinajstić information content (AvgIpc) is 2.27. The van der Waals surface area contributed by atoms with Gasteiger partial charge in [-0.3, -0.25) is 0 Å². The van der Waals surface area contributed by atoms with E-state index in [1.165, 1.54) is 6.07 Å². The standard InChI is InChI=1S/C11H14FN/c12-11-6-1-3-8-7-9(13)4-2-5-10(8)11/h1,3,6,9H,2,4-5,7,13H2. The minimum absolute atomic E-state index is 0.0633. The third-order valence-corrected chi connectivity index (χ3v) is 2.70. The van der Waals surface area contributed by atoms with Crippen molar-refractivity contribution < 1.29 is 4.39 Å². The van der Waals surface area contributed by atoms with Gasteiger partial charge in [0.15, 0.2) is 0 Å². The zero-order valence-electron chi connectivity index (χ0n) is 7.59. The molecule has 0 spiro atoms. The van der Waals surface area contributed by atoms with Gasteiger partial charge >= 0.3 is 0 Å². The molecular weight excluding hydrogens is 165 g/mol. The Hall–Kier alpha value is -0.890. The lowest BCUT2D eigenvalue weighted by atomic mass is 10.0. The van der Waals surface area contributed by atoms with E-state index in [2.05, 4.69) is 0 Å². The molecule has 70 valence electrons. The summed E-state index contributed by atoms with van der Waals surface area (Å²) in [6.45, 7) is 0. The van der Waals surface area contributed by atoms with Gasteiger partial charge in [-0.1, -0.05) is 12.1 Å². The molecule has 13 heavy (non-hydrogen) atoms. The largest absolute Gasteiger partial charge is 0.327 e. The lowest BCUT2D eigenvalue weighted by Crippen LogP contribution is -2.21. The molecule has 0 saturated carbocycles. The first-order valence-corrected chi connectivity index (χ1v) is 4.79. The Kier molecular flexibility index (Phi) is 2.32. The van der Waals surface area contributed by atoms with Crippen molar-refractivity contribution in [3.63, 3.8) is 0 Å². The van der Waals surface area contributed by atoms with Crippen LogP contribution in [0.2, 0.25) is 0 Å². The molecule has 0 bridgehead atoms. The number of nitrogens with two attached hydrogens (primary N) is 1. The third kappa shape index (κ3) is 1.73. The highest BCUT2D eigenvalue weighted by molar-refractivity contribution is 5.30. The fraction of sp³-hybridized carbons (Fsp3) is 0.455. The quantitative estimate of drug-likeness (QED) is 0.606. The van der Waals surface area contributed by atoms with Crippen LogP contribution in [0.25, 0.3) is 0 Å². The molecule has 1 aromatic carbocycles. The first kappa shape index (κ1) is 8.70. The Balaban J connectivity index is 2.39. The Morgan fingerprint density at radius 3 is 3.08 bits per heavy atom. The summed E-state index contributed by atoms with van der Waals surface area (Å²) in [5, 5.41) is 0. The van der Waals surface area contributed by atoms with Crippen molar-refractivity contribution in [2.75, 3.05) is 0 Å². The highest BCUT2D eigenvalue weighted by atomic mass is 19.1. The van der Waals surface area contributed by atoms with Crippen molar-refractivity contribution in [3.8, 4) is 0 Å². The van der Waals surface area contributed by atoms with Gasteiger partial charge in [-0.2, -0.15) is 0 Å². The maximum Gasteiger partial charge on any atom is 0.126 e. The lowest BCUT2D eigenvalue weighted by molar-refractivity contribution is 0.592. The number of rotatable bonds is 0. The molecule has 0 aliphatic heterocycles. The van der Waals surface area contributed by atoms with E-state index < -0.39 is 0 Å². The first-order valence-electron chi connectivity index (χ1n) is 4.79. The fourth-order valence-electron chi connectivity index (χ4n) is 2.00. The number of hydrogen-bond acceptors (Lipinski definition) is 1. The molecule has 2 N–H and O–H groups in total. The highest BCUT2D eigenvalue weighted by Gasteiger charge is 2.15. The maximum atomic E-state index is 13.3. The Morgan fingerprint density at radius 1 is 1.38 bits per heavy atom. The molecule has 1 aromatic rings. The summed E-state index contributed by atoms with van der Waals surface area (Å²) in [4.78, 5) is 0. The van der Waals surface area contributed by atoms with Crippen molar-refractivity contribution in [1.82, 2.24) is 0 Å². The maximum absolute atomic E-state index is 13.3. The predicted octanol–water partition coefficient (Wildman–Crippen LogP) is 2.03. The monoisotopic (exact) mass is 179 g/mol. The Bertz CT molecular complexity index is 309. The SMILES string of the molecule is NC1CCCc2c(F)cccc2C1. The van der Waals surface area contributed by atoms with E-state index in [4.69, 9.17) is 5.73 Å². The molecule has 0 amide bonds. The molecule has 1 aliphatic rings. The predicted molar refractivity (Wildman–Crippen MR) is 51.0 cm³/mol. The van der Waals surface area contributed by atoms with Crippen LogP contribution in [0.5, 0.6) is 0 Å². The molecular formula is C11H14FN. The van der Waals surface area contributed by atoms with Crippen LogP contribution in [-0.2, 0) is 12.8 Å². The molecule has 1 unspecified atom stereocenters. The van der Waals surface area contributed by atoms with E-state index in [0.717, 1.165) is 36.8 Å². The van der Waals surface area contributed by atoms with Crippen LogP contribution in [0.1, 0.15) is 24.0 Å². The van der Waals surface area contributed by atoms with Crippen molar-refractivity contribution >= 4 is 0 Å². The van der Waals surface area contributed by atoms with Crippen LogP contribution in [0, 0.1) is 5.82 Å². The first-order chi connectivity index (χ1) is 6.27. The van der Waals surface area contributed by atoms with E-state index in [1.807, 2.05) is 6.07 Å². The van der Waals surface area contributed by atoms with Gasteiger partial charge in [0.25, 0.3) is 0 Å². The van der Waals surface area contributed by atoms with Gasteiger partial charge in [-0.25, -0.2) is 4.39 Å². The summed E-state index contributed by atoms with van der Waals surface area (Å²) in [5.74, 6) is -0.0633. The smallest absolute Gasteiger partial charge is 0.126 e. The van der Waals surface area contributed by atoms with Crippen LogP contribution in [-0.4, -0.2) is 6.04 Å². The van der Waals surface area contributed by atoms with Gasteiger partial charge in [-0.05, 0) is 42.9 Å². The molecule has 0 heterocycles. The second-order valence-corrected chi connectivity index (χ2v) is 3.73. The van der Waals surface area contributed by atoms with Crippen LogP contribution in [0.15, 0.2) is 18.2 Å².